The average molecular weight is 596 g/mol. The number of ether oxygens (including phenoxy) is 1. The molecule has 5 amide bonds. The molecule has 240 valence electrons. The van der Waals surface area contributed by atoms with E-state index in [1.54, 1.807) is 20.8 Å². The van der Waals surface area contributed by atoms with Crippen LogP contribution < -0.4 is 26.6 Å². The van der Waals surface area contributed by atoms with Crippen molar-refractivity contribution in [2.75, 3.05) is 6.54 Å². The fourth-order valence-corrected chi connectivity index (χ4v) is 4.61. The second-order valence-electron chi connectivity index (χ2n) is 12.1. The van der Waals surface area contributed by atoms with E-state index in [0.29, 0.717) is 6.42 Å². The van der Waals surface area contributed by atoms with Crippen molar-refractivity contribution in [3.8, 4) is 0 Å². The summed E-state index contributed by atoms with van der Waals surface area (Å²) in [5.74, 6) is -4.55. The largest absolute Gasteiger partial charge is 0.460 e. The fourth-order valence-electron chi connectivity index (χ4n) is 4.61. The molecular formula is C30H53N5O7. The number of nitrogens with one attached hydrogen (secondary N) is 5. The van der Waals surface area contributed by atoms with Crippen LogP contribution in [0.25, 0.3) is 0 Å². The van der Waals surface area contributed by atoms with Gasteiger partial charge in [0.2, 0.25) is 29.5 Å². The lowest BCUT2D eigenvalue weighted by Crippen LogP contribution is -2.58. The summed E-state index contributed by atoms with van der Waals surface area (Å²) in [4.78, 5) is 77.9. The van der Waals surface area contributed by atoms with Crippen LogP contribution in [-0.2, 0) is 33.5 Å². The molecule has 1 rings (SSSR count). The summed E-state index contributed by atoms with van der Waals surface area (Å²) < 4.78 is 5.90. The lowest BCUT2D eigenvalue weighted by atomic mass is 9.96. The number of unbranched alkanes of at least 4 members (excludes halogenated alkanes) is 4. The Bertz CT molecular complexity index is 939. The normalized spacial score (nSPS) is 27.6. The van der Waals surface area contributed by atoms with E-state index < -0.39 is 71.7 Å². The van der Waals surface area contributed by atoms with Crippen LogP contribution in [0.3, 0.4) is 0 Å². The maximum absolute atomic E-state index is 13.5. The van der Waals surface area contributed by atoms with Gasteiger partial charge in [0.25, 0.3) is 0 Å². The second-order valence-corrected chi connectivity index (χ2v) is 12.1. The highest BCUT2D eigenvalue weighted by atomic mass is 16.5. The lowest BCUT2D eigenvalue weighted by molar-refractivity contribution is -0.158. The second kappa shape index (κ2) is 18.4. The van der Waals surface area contributed by atoms with E-state index in [4.69, 9.17) is 4.74 Å². The van der Waals surface area contributed by atoms with Gasteiger partial charge in [0.15, 0.2) is 0 Å². The molecule has 0 spiro atoms. The highest BCUT2D eigenvalue weighted by molar-refractivity contribution is 5.95. The van der Waals surface area contributed by atoms with Crippen LogP contribution in [0.4, 0.5) is 0 Å². The van der Waals surface area contributed by atoms with E-state index >= 15 is 0 Å². The Morgan fingerprint density at radius 3 is 1.93 bits per heavy atom. The first kappa shape index (κ1) is 36.8. The quantitative estimate of drug-likeness (QED) is 0.199. The third kappa shape index (κ3) is 12.8. The van der Waals surface area contributed by atoms with Crippen LogP contribution in [0.15, 0.2) is 0 Å². The highest BCUT2D eigenvalue weighted by Crippen LogP contribution is 2.19. The molecule has 0 aromatic heterocycles. The molecule has 0 bridgehead atoms. The molecule has 12 heteroatoms. The van der Waals surface area contributed by atoms with Crippen LogP contribution in [-0.4, -0.2) is 72.3 Å². The minimum absolute atomic E-state index is 0.0282. The van der Waals surface area contributed by atoms with E-state index in [-0.39, 0.29) is 24.8 Å². The number of carbonyl (C=O) groups excluding carboxylic acids is 6. The first-order valence-electron chi connectivity index (χ1n) is 15.4. The van der Waals surface area contributed by atoms with Crippen LogP contribution in [0.5, 0.6) is 0 Å². The minimum Gasteiger partial charge on any atom is -0.460 e. The van der Waals surface area contributed by atoms with E-state index in [2.05, 4.69) is 33.5 Å². The van der Waals surface area contributed by atoms with Crippen molar-refractivity contribution < 1.29 is 33.5 Å². The molecule has 0 radical (unpaired) electrons. The van der Waals surface area contributed by atoms with Crippen molar-refractivity contribution in [2.45, 2.75) is 131 Å². The lowest BCUT2D eigenvalue weighted by Gasteiger charge is -2.29. The van der Waals surface area contributed by atoms with Crippen molar-refractivity contribution in [3.63, 3.8) is 0 Å². The molecule has 42 heavy (non-hydrogen) atoms. The van der Waals surface area contributed by atoms with Crippen LogP contribution in [0, 0.1) is 17.8 Å². The summed E-state index contributed by atoms with van der Waals surface area (Å²) in [7, 11) is 0. The fraction of sp³-hybridized carbons (Fsp3) is 0.800. The molecule has 1 heterocycles. The highest BCUT2D eigenvalue weighted by Gasteiger charge is 2.34. The van der Waals surface area contributed by atoms with Gasteiger partial charge in [-0.05, 0) is 44.9 Å². The molecule has 0 aromatic carbocycles. The van der Waals surface area contributed by atoms with E-state index in [9.17, 15) is 28.8 Å². The van der Waals surface area contributed by atoms with Gasteiger partial charge in [0, 0.05) is 0 Å². The summed E-state index contributed by atoms with van der Waals surface area (Å²) >= 11 is 0. The summed E-state index contributed by atoms with van der Waals surface area (Å²) in [6, 6.07) is -3.98. The van der Waals surface area contributed by atoms with Gasteiger partial charge in [-0.15, -0.1) is 0 Å². The minimum atomic E-state index is -1.01. The number of cyclic esters (lactones) is 1. The third-order valence-electron chi connectivity index (χ3n) is 7.33. The smallest absolute Gasteiger partial charge is 0.328 e. The van der Waals surface area contributed by atoms with Crippen LogP contribution in [0.2, 0.25) is 0 Å². The SMILES string of the molecule is CCCCCCC[C@@H]1OC(=O)[C@@H](CC(C)C)NC(=O)[C@@H](C(C)C)NC(=O)[C@@H](C)NC(=O)[C@@H](C)NC(=O)CNC(=O)[C@@H]1C. The standard InChI is InChI=1S/C30H53N5O7/c1-9-10-11-12-13-14-23-19(6)26(37)31-16-24(36)32-20(7)27(38)33-21(8)28(39)35-25(18(4)5)29(40)34-22(15-17(2)3)30(41)42-23/h17-23,25H,9-16H2,1-8H3,(H,31,37)(H,32,36)(H,33,38)(H,34,40)(H,35,39)/t19-,20-,21-,22-,23+,25-/m1/s1. The molecule has 0 aliphatic carbocycles. The molecule has 0 unspecified atom stereocenters. The Morgan fingerprint density at radius 1 is 0.738 bits per heavy atom. The summed E-state index contributed by atoms with van der Waals surface area (Å²) in [5, 5.41) is 13.0. The number of hydrogen-bond acceptors (Lipinski definition) is 7. The number of esters is 1. The van der Waals surface area contributed by atoms with Gasteiger partial charge in [0.1, 0.15) is 30.3 Å². The number of amides is 5. The molecule has 1 aliphatic heterocycles. The monoisotopic (exact) mass is 595 g/mol. The zero-order valence-electron chi connectivity index (χ0n) is 26.6. The van der Waals surface area contributed by atoms with Crippen LogP contribution >= 0.6 is 0 Å². The topological polar surface area (TPSA) is 172 Å². The number of hydrogen-bond donors (Lipinski definition) is 5. The first-order valence-corrected chi connectivity index (χ1v) is 15.4. The van der Waals surface area contributed by atoms with Crippen molar-refractivity contribution >= 4 is 35.5 Å². The Balaban J connectivity index is 3.36. The van der Waals surface area contributed by atoms with Gasteiger partial charge in [-0.2, -0.15) is 0 Å². The van der Waals surface area contributed by atoms with E-state index in [1.807, 2.05) is 13.8 Å². The average Bonchev–Trinajstić information content (AvgIpc) is 2.91. The third-order valence-corrected chi connectivity index (χ3v) is 7.33. The Morgan fingerprint density at radius 2 is 1.33 bits per heavy atom. The molecule has 1 fully saturated rings. The van der Waals surface area contributed by atoms with E-state index in [1.165, 1.54) is 13.8 Å². The molecule has 0 aromatic rings. The Kier molecular flexibility index (Phi) is 16.1. The van der Waals surface area contributed by atoms with Crippen molar-refractivity contribution in [3.05, 3.63) is 0 Å². The zero-order valence-corrected chi connectivity index (χ0v) is 26.6. The molecule has 1 saturated heterocycles. The predicted molar refractivity (Wildman–Crippen MR) is 159 cm³/mol. The Labute approximate surface area is 250 Å². The van der Waals surface area contributed by atoms with Gasteiger partial charge in [-0.1, -0.05) is 67.2 Å². The van der Waals surface area contributed by atoms with Gasteiger partial charge in [-0.25, -0.2) is 4.79 Å². The maximum Gasteiger partial charge on any atom is 0.328 e. The zero-order chi connectivity index (χ0) is 32.0. The van der Waals surface area contributed by atoms with Gasteiger partial charge in [0.05, 0.1) is 12.5 Å². The van der Waals surface area contributed by atoms with Gasteiger partial charge >= 0.3 is 5.97 Å². The summed E-state index contributed by atoms with van der Waals surface area (Å²) in [6.07, 6.45) is 4.80. The van der Waals surface area contributed by atoms with Gasteiger partial charge in [-0.3, -0.25) is 24.0 Å². The van der Waals surface area contributed by atoms with E-state index in [0.717, 1.165) is 32.1 Å². The predicted octanol–water partition coefficient (Wildman–Crippen LogP) is 1.71. The van der Waals surface area contributed by atoms with Crippen molar-refractivity contribution in [1.29, 1.82) is 0 Å². The molecular weight excluding hydrogens is 542 g/mol. The Hall–Kier alpha value is -3.18. The summed E-state index contributed by atoms with van der Waals surface area (Å²) in [6.45, 7) is 13.6. The van der Waals surface area contributed by atoms with Crippen LogP contribution in [0.1, 0.15) is 100 Å². The number of carbonyl (C=O) groups is 6. The molecule has 12 nitrogen and oxygen atoms in total. The molecule has 1 aliphatic rings. The number of rotatable bonds is 9. The maximum atomic E-state index is 13.5. The first-order chi connectivity index (χ1) is 19.7. The molecule has 5 N–H and O–H groups in total. The summed E-state index contributed by atoms with van der Waals surface area (Å²) in [5.41, 5.74) is 0. The van der Waals surface area contributed by atoms with Crippen molar-refractivity contribution in [1.82, 2.24) is 26.6 Å². The van der Waals surface area contributed by atoms with Crippen molar-refractivity contribution in [2.24, 2.45) is 17.8 Å². The van der Waals surface area contributed by atoms with Gasteiger partial charge < -0.3 is 31.3 Å². The molecule has 0 saturated carbocycles. The molecule has 6 atom stereocenters.